The first-order valence-corrected chi connectivity index (χ1v) is 5.34. The number of hydrogen-bond donors (Lipinski definition) is 1. The van der Waals surface area contributed by atoms with Crippen LogP contribution >= 0.6 is 11.6 Å². The van der Waals surface area contributed by atoms with E-state index in [1.807, 2.05) is 18.0 Å². The normalized spacial score (nSPS) is 10.1. The molecule has 0 aliphatic carbocycles. The van der Waals surface area contributed by atoms with E-state index in [1.54, 1.807) is 20.3 Å². The van der Waals surface area contributed by atoms with Crippen molar-refractivity contribution in [1.29, 1.82) is 0 Å². The minimum absolute atomic E-state index is 0.532. The van der Waals surface area contributed by atoms with E-state index in [1.165, 1.54) is 0 Å². The Labute approximate surface area is 101 Å². The van der Waals surface area contributed by atoms with Crippen molar-refractivity contribution >= 4 is 17.3 Å². The second-order valence-electron chi connectivity index (χ2n) is 3.37. The van der Waals surface area contributed by atoms with Gasteiger partial charge in [0, 0.05) is 32.3 Å². The number of likely N-dealkylation sites (N-methyl/N-ethyl adjacent to an activating group) is 1. The Hall–Kier alpha value is -1.13. The number of halogens is 1. The molecule has 90 valence electrons. The molecule has 0 fully saturated rings. The number of methoxy groups -OCH3 is 2. The Morgan fingerprint density at radius 1 is 1.25 bits per heavy atom. The fourth-order valence-corrected chi connectivity index (χ4v) is 1.69. The first-order valence-electron chi connectivity index (χ1n) is 4.96. The van der Waals surface area contributed by atoms with Crippen molar-refractivity contribution in [2.75, 3.05) is 39.3 Å². The maximum absolute atomic E-state index is 6.01. The van der Waals surface area contributed by atoms with Gasteiger partial charge in [-0.1, -0.05) is 11.6 Å². The lowest BCUT2D eigenvalue weighted by atomic mass is 10.2. The Bertz CT molecular complexity index is 358. The zero-order valence-corrected chi connectivity index (χ0v) is 10.5. The molecule has 0 aliphatic rings. The van der Waals surface area contributed by atoms with Crippen molar-refractivity contribution in [3.8, 4) is 11.5 Å². The van der Waals surface area contributed by atoms with Gasteiger partial charge in [0.2, 0.25) is 0 Å². The van der Waals surface area contributed by atoms with Crippen LogP contribution in [0.25, 0.3) is 0 Å². The summed E-state index contributed by atoms with van der Waals surface area (Å²) in [5.41, 5.74) is 6.43. The molecule has 0 amide bonds. The fourth-order valence-electron chi connectivity index (χ4n) is 1.46. The van der Waals surface area contributed by atoms with Crippen LogP contribution in [0.2, 0.25) is 5.02 Å². The largest absolute Gasteiger partial charge is 0.495 e. The van der Waals surface area contributed by atoms with Crippen LogP contribution in [-0.2, 0) is 0 Å². The van der Waals surface area contributed by atoms with Gasteiger partial charge in [0.25, 0.3) is 0 Å². The van der Waals surface area contributed by atoms with Gasteiger partial charge in [0.15, 0.2) is 0 Å². The molecule has 0 saturated carbocycles. The molecule has 1 aromatic rings. The SMILES string of the molecule is COc1cc(N(C)CCN)c(OC)cc1Cl. The maximum Gasteiger partial charge on any atom is 0.143 e. The molecule has 2 N–H and O–H groups in total. The standard InChI is InChI=1S/C11H17ClN2O2/c1-14(5-4-13)9-7-10(15-2)8(12)6-11(9)16-3/h6-7H,4-5,13H2,1-3H3. The van der Waals surface area contributed by atoms with Gasteiger partial charge in [-0.3, -0.25) is 0 Å². The molecule has 0 heterocycles. The first-order chi connectivity index (χ1) is 7.63. The molecule has 0 unspecified atom stereocenters. The molecule has 1 aromatic carbocycles. The summed E-state index contributed by atoms with van der Waals surface area (Å²) >= 11 is 6.01. The Morgan fingerprint density at radius 3 is 2.38 bits per heavy atom. The van der Waals surface area contributed by atoms with Crippen molar-refractivity contribution in [3.63, 3.8) is 0 Å². The van der Waals surface area contributed by atoms with E-state index in [0.717, 1.165) is 12.2 Å². The molecule has 0 saturated heterocycles. The molecular weight excluding hydrogens is 228 g/mol. The molecule has 16 heavy (non-hydrogen) atoms. The van der Waals surface area contributed by atoms with Gasteiger partial charge in [0.05, 0.1) is 24.9 Å². The highest BCUT2D eigenvalue weighted by atomic mass is 35.5. The number of hydrogen-bond acceptors (Lipinski definition) is 4. The van der Waals surface area contributed by atoms with Gasteiger partial charge >= 0.3 is 0 Å². The van der Waals surface area contributed by atoms with E-state index in [2.05, 4.69) is 0 Å². The number of benzene rings is 1. The Kier molecular flexibility index (Phi) is 4.71. The first kappa shape index (κ1) is 12.9. The molecule has 0 bridgehead atoms. The van der Waals surface area contributed by atoms with E-state index in [-0.39, 0.29) is 0 Å². The van der Waals surface area contributed by atoms with Crippen LogP contribution in [0.1, 0.15) is 0 Å². The summed E-state index contributed by atoms with van der Waals surface area (Å²) in [6.45, 7) is 1.31. The van der Waals surface area contributed by atoms with Crippen LogP contribution in [-0.4, -0.2) is 34.4 Å². The third kappa shape index (κ3) is 2.71. The van der Waals surface area contributed by atoms with E-state index < -0.39 is 0 Å². The summed E-state index contributed by atoms with van der Waals surface area (Å²) < 4.78 is 10.4. The molecule has 5 heteroatoms. The van der Waals surface area contributed by atoms with Crippen LogP contribution in [0, 0.1) is 0 Å². The third-order valence-electron chi connectivity index (χ3n) is 2.33. The van der Waals surface area contributed by atoms with Crippen LogP contribution < -0.4 is 20.1 Å². The van der Waals surface area contributed by atoms with Crippen LogP contribution in [0.4, 0.5) is 5.69 Å². The highest BCUT2D eigenvalue weighted by Crippen LogP contribution is 2.37. The Morgan fingerprint density at radius 2 is 1.88 bits per heavy atom. The van der Waals surface area contributed by atoms with Gasteiger partial charge in [0.1, 0.15) is 11.5 Å². The average Bonchev–Trinajstić information content (AvgIpc) is 2.28. The zero-order chi connectivity index (χ0) is 12.1. The average molecular weight is 245 g/mol. The summed E-state index contributed by atoms with van der Waals surface area (Å²) in [5, 5.41) is 0.532. The maximum atomic E-state index is 6.01. The minimum Gasteiger partial charge on any atom is -0.495 e. The summed E-state index contributed by atoms with van der Waals surface area (Å²) in [7, 11) is 5.14. The summed E-state index contributed by atoms with van der Waals surface area (Å²) in [6, 6.07) is 3.58. The summed E-state index contributed by atoms with van der Waals surface area (Å²) in [6.07, 6.45) is 0. The molecular formula is C11H17ClN2O2. The van der Waals surface area contributed by atoms with Gasteiger partial charge in [-0.15, -0.1) is 0 Å². The van der Waals surface area contributed by atoms with E-state index in [0.29, 0.717) is 23.1 Å². The molecule has 0 aliphatic heterocycles. The van der Waals surface area contributed by atoms with E-state index in [9.17, 15) is 0 Å². The number of nitrogens with zero attached hydrogens (tertiary/aromatic N) is 1. The summed E-state index contributed by atoms with van der Waals surface area (Å²) in [5.74, 6) is 1.34. The second-order valence-corrected chi connectivity index (χ2v) is 3.78. The molecule has 0 radical (unpaired) electrons. The van der Waals surface area contributed by atoms with Gasteiger partial charge in [-0.05, 0) is 0 Å². The van der Waals surface area contributed by atoms with E-state index in [4.69, 9.17) is 26.8 Å². The quantitative estimate of drug-likeness (QED) is 0.857. The smallest absolute Gasteiger partial charge is 0.143 e. The van der Waals surface area contributed by atoms with Crippen molar-refractivity contribution in [2.24, 2.45) is 5.73 Å². The molecule has 0 atom stereocenters. The highest BCUT2D eigenvalue weighted by molar-refractivity contribution is 6.32. The van der Waals surface area contributed by atoms with E-state index >= 15 is 0 Å². The van der Waals surface area contributed by atoms with Crippen molar-refractivity contribution < 1.29 is 9.47 Å². The lowest BCUT2D eigenvalue weighted by Gasteiger charge is -2.22. The van der Waals surface area contributed by atoms with Crippen molar-refractivity contribution in [3.05, 3.63) is 17.2 Å². The molecule has 0 aromatic heterocycles. The van der Waals surface area contributed by atoms with Crippen molar-refractivity contribution in [2.45, 2.75) is 0 Å². The van der Waals surface area contributed by atoms with Crippen LogP contribution in [0.3, 0.4) is 0 Å². The fraction of sp³-hybridized carbons (Fsp3) is 0.455. The van der Waals surface area contributed by atoms with Crippen molar-refractivity contribution in [1.82, 2.24) is 0 Å². The number of nitrogens with two attached hydrogens (primary N) is 1. The van der Waals surface area contributed by atoms with Gasteiger partial charge in [-0.25, -0.2) is 0 Å². The van der Waals surface area contributed by atoms with Crippen LogP contribution in [0.5, 0.6) is 11.5 Å². The number of rotatable bonds is 5. The topological polar surface area (TPSA) is 47.7 Å². The lowest BCUT2D eigenvalue weighted by molar-refractivity contribution is 0.403. The second kappa shape index (κ2) is 5.82. The highest BCUT2D eigenvalue weighted by Gasteiger charge is 2.12. The summed E-state index contributed by atoms with van der Waals surface area (Å²) in [4.78, 5) is 2.00. The number of anilines is 1. The molecule has 1 rings (SSSR count). The number of ether oxygens (including phenoxy) is 2. The monoisotopic (exact) mass is 244 g/mol. The van der Waals surface area contributed by atoms with Gasteiger partial charge < -0.3 is 20.1 Å². The third-order valence-corrected chi connectivity index (χ3v) is 2.62. The van der Waals surface area contributed by atoms with Crippen LogP contribution in [0.15, 0.2) is 12.1 Å². The predicted octanol–water partition coefficient (Wildman–Crippen LogP) is 1.75. The molecule has 0 spiro atoms. The minimum atomic E-state index is 0.532. The lowest BCUT2D eigenvalue weighted by Crippen LogP contribution is -2.25. The zero-order valence-electron chi connectivity index (χ0n) is 9.79. The molecule has 4 nitrogen and oxygen atoms in total. The van der Waals surface area contributed by atoms with Gasteiger partial charge in [-0.2, -0.15) is 0 Å². The Balaban J connectivity index is 3.13. The predicted molar refractivity (Wildman–Crippen MR) is 66.9 cm³/mol.